The summed E-state index contributed by atoms with van der Waals surface area (Å²) in [5, 5.41) is 5.27. The Morgan fingerprint density at radius 3 is 2.26 bits per heavy atom. The zero-order valence-electron chi connectivity index (χ0n) is 15.5. The summed E-state index contributed by atoms with van der Waals surface area (Å²) in [6.07, 6.45) is 1.20. The van der Waals surface area contributed by atoms with Gasteiger partial charge in [0.15, 0.2) is 0 Å². The van der Waals surface area contributed by atoms with Crippen molar-refractivity contribution in [3.8, 4) is 0 Å². The van der Waals surface area contributed by atoms with Crippen LogP contribution in [-0.2, 0) is 22.3 Å². The molecule has 0 spiro atoms. The third-order valence-electron chi connectivity index (χ3n) is 4.06. The monoisotopic (exact) mass is 390 g/mol. The molecule has 6 nitrogen and oxygen atoms in total. The molecule has 0 saturated carbocycles. The number of hydrogen-bond donors (Lipinski definition) is 3. The standard InChI is InChI=1S/C20H27N2O4P/c1-2-3-14-21-27(24,25)19(15-17-10-6-4-7-11-17)22-20(23)26-16-18-12-8-5-9-13-18/h4-13,19H,2-3,14-16H2,1H3,(H,22,23)(H2,21,24,25)/t19-/m1/s1. The van der Waals surface area contributed by atoms with Gasteiger partial charge in [-0.05, 0) is 17.5 Å². The Balaban J connectivity index is 2.01. The van der Waals surface area contributed by atoms with E-state index < -0.39 is 19.4 Å². The molecule has 1 unspecified atom stereocenters. The number of rotatable bonds is 10. The van der Waals surface area contributed by atoms with Gasteiger partial charge in [-0.25, -0.2) is 9.88 Å². The van der Waals surface area contributed by atoms with Gasteiger partial charge in [0.25, 0.3) is 7.52 Å². The predicted molar refractivity (Wildman–Crippen MR) is 106 cm³/mol. The van der Waals surface area contributed by atoms with Crippen molar-refractivity contribution < 1.29 is 19.0 Å². The number of carbonyl (C=O) groups is 1. The first-order valence-electron chi connectivity index (χ1n) is 9.10. The predicted octanol–water partition coefficient (Wildman–Crippen LogP) is 4.06. The van der Waals surface area contributed by atoms with Crippen molar-refractivity contribution in [2.75, 3.05) is 6.54 Å². The van der Waals surface area contributed by atoms with E-state index in [2.05, 4.69) is 10.4 Å². The Kier molecular flexibility index (Phi) is 8.52. The minimum Gasteiger partial charge on any atom is -0.445 e. The van der Waals surface area contributed by atoms with Gasteiger partial charge in [0.2, 0.25) is 0 Å². The molecule has 0 heterocycles. The van der Waals surface area contributed by atoms with Crippen LogP contribution in [0.25, 0.3) is 0 Å². The number of unbranched alkanes of at least 4 members (excludes halogenated alkanes) is 1. The summed E-state index contributed by atoms with van der Waals surface area (Å²) in [4.78, 5) is 22.7. The number of amides is 1. The molecule has 0 aliphatic carbocycles. The molecule has 0 saturated heterocycles. The van der Waals surface area contributed by atoms with Gasteiger partial charge in [-0.1, -0.05) is 74.0 Å². The molecule has 3 N–H and O–H groups in total. The highest BCUT2D eigenvalue weighted by molar-refractivity contribution is 7.56. The molecule has 7 heteroatoms. The van der Waals surface area contributed by atoms with E-state index in [1.54, 1.807) is 0 Å². The Morgan fingerprint density at radius 1 is 1.07 bits per heavy atom. The zero-order valence-corrected chi connectivity index (χ0v) is 16.4. The van der Waals surface area contributed by atoms with Gasteiger partial charge in [0, 0.05) is 13.0 Å². The fourth-order valence-electron chi connectivity index (χ4n) is 2.53. The molecule has 146 valence electrons. The molecule has 0 aliphatic heterocycles. The lowest BCUT2D eigenvalue weighted by Crippen LogP contribution is -2.39. The van der Waals surface area contributed by atoms with Crippen LogP contribution in [0.4, 0.5) is 4.79 Å². The highest BCUT2D eigenvalue weighted by atomic mass is 31.2. The van der Waals surface area contributed by atoms with E-state index >= 15 is 0 Å². The number of benzene rings is 2. The minimum atomic E-state index is -3.81. The van der Waals surface area contributed by atoms with E-state index in [9.17, 15) is 14.3 Å². The van der Waals surface area contributed by atoms with Gasteiger partial charge in [0.1, 0.15) is 12.4 Å². The van der Waals surface area contributed by atoms with Gasteiger partial charge >= 0.3 is 6.09 Å². The van der Waals surface area contributed by atoms with E-state index in [1.165, 1.54) is 0 Å². The summed E-state index contributed by atoms with van der Waals surface area (Å²) in [5.41, 5.74) is 1.71. The lowest BCUT2D eigenvalue weighted by atomic mass is 10.1. The summed E-state index contributed by atoms with van der Waals surface area (Å²) in [5.74, 6) is -0.972. The molecule has 0 fully saturated rings. The number of ether oxygens (including phenoxy) is 1. The molecule has 2 atom stereocenters. The quantitative estimate of drug-likeness (QED) is 0.421. The van der Waals surface area contributed by atoms with Crippen molar-refractivity contribution in [3.63, 3.8) is 0 Å². The number of nitrogens with one attached hydrogen (secondary N) is 2. The van der Waals surface area contributed by atoms with Crippen LogP contribution in [-0.4, -0.2) is 23.3 Å². The topological polar surface area (TPSA) is 87.7 Å². The molecule has 2 rings (SSSR count). The first-order valence-corrected chi connectivity index (χ1v) is 10.8. The van der Waals surface area contributed by atoms with Crippen LogP contribution in [0.5, 0.6) is 0 Å². The van der Waals surface area contributed by atoms with E-state index in [0.717, 1.165) is 24.0 Å². The van der Waals surface area contributed by atoms with Gasteiger partial charge < -0.3 is 14.9 Å². The Morgan fingerprint density at radius 2 is 1.67 bits per heavy atom. The molecule has 0 bridgehead atoms. The van der Waals surface area contributed by atoms with Crippen molar-refractivity contribution in [3.05, 3.63) is 71.8 Å². The minimum absolute atomic E-state index is 0.101. The Hall–Kier alpha value is -2.14. The fraction of sp³-hybridized carbons (Fsp3) is 0.350. The largest absolute Gasteiger partial charge is 0.445 e. The molecule has 27 heavy (non-hydrogen) atoms. The maximum absolute atomic E-state index is 12.8. The van der Waals surface area contributed by atoms with Gasteiger partial charge in [0.05, 0.1) is 0 Å². The summed E-state index contributed by atoms with van der Waals surface area (Å²) >= 11 is 0. The third kappa shape index (κ3) is 7.55. The normalized spacial score (nSPS) is 14.1. The van der Waals surface area contributed by atoms with Crippen molar-refractivity contribution >= 4 is 13.6 Å². The Bertz CT molecular complexity index is 740. The van der Waals surface area contributed by atoms with E-state index in [4.69, 9.17) is 4.74 Å². The summed E-state index contributed by atoms with van der Waals surface area (Å²) < 4.78 is 18.0. The number of hydrogen-bond acceptors (Lipinski definition) is 3. The molecule has 1 amide bonds. The fourth-order valence-corrected chi connectivity index (χ4v) is 3.96. The van der Waals surface area contributed by atoms with Crippen molar-refractivity contribution in [1.29, 1.82) is 0 Å². The second-order valence-corrected chi connectivity index (χ2v) is 8.48. The second-order valence-electron chi connectivity index (χ2n) is 6.30. The van der Waals surface area contributed by atoms with Crippen LogP contribution in [0.1, 0.15) is 30.9 Å². The van der Waals surface area contributed by atoms with E-state index in [-0.39, 0.29) is 13.0 Å². The van der Waals surface area contributed by atoms with Crippen LogP contribution < -0.4 is 10.4 Å². The summed E-state index contributed by atoms with van der Waals surface area (Å²) in [7, 11) is -3.81. The molecule has 0 radical (unpaired) electrons. The van der Waals surface area contributed by atoms with Gasteiger partial charge in [-0.2, -0.15) is 0 Å². The average Bonchev–Trinajstić information content (AvgIpc) is 2.67. The van der Waals surface area contributed by atoms with Crippen LogP contribution in [0.2, 0.25) is 0 Å². The average molecular weight is 390 g/mol. The molecule has 0 aliphatic rings. The maximum atomic E-state index is 12.8. The van der Waals surface area contributed by atoms with E-state index in [1.807, 2.05) is 67.6 Å². The first kappa shape index (κ1) is 21.2. The molecule has 0 aromatic heterocycles. The molecular weight excluding hydrogens is 363 g/mol. The highest BCUT2D eigenvalue weighted by Crippen LogP contribution is 2.41. The van der Waals surface area contributed by atoms with Gasteiger partial charge in [-0.3, -0.25) is 4.57 Å². The molecular formula is C20H27N2O4P. The number of alkyl carbamates (subject to hydrolysis) is 1. The second kappa shape index (κ2) is 10.9. The van der Waals surface area contributed by atoms with Crippen molar-refractivity contribution in [2.24, 2.45) is 0 Å². The Labute approximate surface area is 160 Å². The van der Waals surface area contributed by atoms with Crippen LogP contribution in [0.15, 0.2) is 60.7 Å². The number of carbonyl (C=O) groups excluding carboxylic acids is 1. The van der Waals surface area contributed by atoms with Gasteiger partial charge in [-0.15, -0.1) is 0 Å². The lowest BCUT2D eigenvalue weighted by Gasteiger charge is -2.24. The van der Waals surface area contributed by atoms with Crippen LogP contribution in [0, 0.1) is 0 Å². The van der Waals surface area contributed by atoms with Crippen LogP contribution in [0.3, 0.4) is 0 Å². The summed E-state index contributed by atoms with van der Waals surface area (Å²) in [6.45, 7) is 2.52. The van der Waals surface area contributed by atoms with Crippen molar-refractivity contribution in [1.82, 2.24) is 10.4 Å². The van der Waals surface area contributed by atoms with Crippen LogP contribution >= 0.6 is 7.52 Å². The highest BCUT2D eigenvalue weighted by Gasteiger charge is 2.32. The SMILES string of the molecule is CCCCNP(=O)(O)[C@H](Cc1ccccc1)NC(=O)OCc1ccccc1. The zero-order chi connectivity index (χ0) is 19.5. The third-order valence-corrected chi connectivity index (χ3v) is 5.89. The maximum Gasteiger partial charge on any atom is 0.408 e. The first-order chi connectivity index (χ1) is 13.0. The molecule has 2 aromatic rings. The smallest absolute Gasteiger partial charge is 0.408 e. The molecule has 2 aromatic carbocycles. The van der Waals surface area contributed by atoms with Crippen molar-refractivity contribution in [2.45, 2.75) is 38.6 Å². The van der Waals surface area contributed by atoms with E-state index in [0.29, 0.717) is 6.54 Å². The lowest BCUT2D eigenvalue weighted by molar-refractivity contribution is 0.137. The summed E-state index contributed by atoms with van der Waals surface area (Å²) in [6, 6.07) is 18.6.